The summed E-state index contributed by atoms with van der Waals surface area (Å²) in [6.45, 7) is -1.23. The van der Waals surface area contributed by atoms with Crippen LogP contribution in [-0.2, 0) is 0 Å². The maximum Gasteiger partial charge on any atom is 0.423 e. The zero-order valence-electron chi connectivity index (χ0n) is 17.1. The highest BCUT2D eigenvalue weighted by Crippen LogP contribution is 2.61. The highest BCUT2D eigenvalue weighted by Gasteiger charge is 2.92. The zero-order valence-corrected chi connectivity index (χ0v) is 17.1. The van der Waals surface area contributed by atoms with Crippen molar-refractivity contribution in [2.75, 3.05) is 13.3 Å². The first-order chi connectivity index (χ1) is 14.5. The number of alkyl halides is 15. The Morgan fingerprint density at radius 2 is 0.853 bits per heavy atom. The molecule has 0 aromatic carbocycles. The van der Waals surface area contributed by atoms with Gasteiger partial charge in [0.15, 0.2) is 6.67 Å². The van der Waals surface area contributed by atoms with E-state index in [9.17, 15) is 65.9 Å². The van der Waals surface area contributed by atoms with E-state index in [2.05, 4.69) is 6.92 Å². The molecule has 2 N–H and O–H groups in total. The molecule has 0 aromatic rings. The zero-order chi connectivity index (χ0) is 27.2. The Hall–Kier alpha value is -1.20. The number of halogens is 16. The van der Waals surface area contributed by atoms with Gasteiger partial charge >= 0.3 is 41.6 Å². The van der Waals surface area contributed by atoms with Crippen LogP contribution in [0, 0.1) is 0 Å². The van der Waals surface area contributed by atoms with Crippen molar-refractivity contribution in [3.05, 3.63) is 0 Å². The molecule has 0 bridgehead atoms. The average Bonchev–Trinajstić information content (AvgIpc) is 2.66. The minimum atomic E-state index is -8.28. The van der Waals surface area contributed by atoms with Crippen molar-refractivity contribution in [2.45, 2.75) is 87.1 Å². The van der Waals surface area contributed by atoms with Crippen molar-refractivity contribution in [1.29, 1.82) is 0 Å². The Balaban J connectivity index is -0.000000812. The smallest absolute Gasteiger partial charge is 0.396 e. The molecule has 0 aliphatic heterocycles. The first kappa shape index (κ1) is 37.4. The molecule has 0 saturated carbocycles. The third-order valence-corrected chi connectivity index (χ3v) is 4.09. The molecule has 0 aliphatic rings. The van der Waals surface area contributed by atoms with Crippen molar-refractivity contribution in [3.63, 3.8) is 0 Å². The SMILES string of the molecule is CCCCCCCCO.F.OC(F)(F)C(F)(F)C(F)(F)C(F)(F)C(F)(F)C(F)(F)C(F)(F)CF. The van der Waals surface area contributed by atoms with Gasteiger partial charge in [-0.3, -0.25) is 4.70 Å². The van der Waals surface area contributed by atoms with Crippen LogP contribution in [0.3, 0.4) is 0 Å². The van der Waals surface area contributed by atoms with Crippen molar-refractivity contribution in [2.24, 2.45) is 0 Å². The van der Waals surface area contributed by atoms with Crippen LogP contribution in [-0.4, -0.2) is 65.1 Å². The van der Waals surface area contributed by atoms with Crippen molar-refractivity contribution >= 4 is 0 Å². The summed E-state index contributed by atoms with van der Waals surface area (Å²) in [6.07, 6.45) is 0.351. The molecule has 0 atom stereocenters. The number of hydrogen-bond donors (Lipinski definition) is 2. The van der Waals surface area contributed by atoms with E-state index in [1.54, 1.807) is 0 Å². The summed E-state index contributed by atoms with van der Waals surface area (Å²) in [5.41, 5.74) is 0. The van der Waals surface area contributed by atoms with E-state index in [1.807, 2.05) is 0 Å². The van der Waals surface area contributed by atoms with Gasteiger partial charge in [-0.2, -0.15) is 61.5 Å². The van der Waals surface area contributed by atoms with Gasteiger partial charge in [-0.15, -0.1) is 0 Å². The predicted octanol–water partition coefficient (Wildman–Crippen LogP) is 6.84. The molecule has 210 valence electrons. The van der Waals surface area contributed by atoms with Gasteiger partial charge in [0.05, 0.1) is 0 Å². The highest BCUT2D eigenvalue weighted by atomic mass is 19.4. The lowest BCUT2D eigenvalue weighted by molar-refractivity contribution is -0.461. The van der Waals surface area contributed by atoms with Crippen LogP contribution >= 0.6 is 0 Å². The predicted molar refractivity (Wildman–Crippen MR) is 85.8 cm³/mol. The minimum Gasteiger partial charge on any atom is -0.396 e. The maximum atomic E-state index is 12.8. The summed E-state index contributed by atoms with van der Waals surface area (Å²) in [5, 5.41) is 15.8. The molecule has 0 rings (SSSR count). The lowest BCUT2D eigenvalue weighted by atomic mass is 9.91. The van der Waals surface area contributed by atoms with Crippen molar-refractivity contribution in [1.82, 2.24) is 0 Å². The molecule has 0 heterocycles. The second-order valence-electron chi connectivity index (χ2n) is 6.74. The van der Waals surface area contributed by atoms with Gasteiger partial charge in [-0.25, -0.2) is 4.39 Å². The number of rotatable bonds is 13. The third-order valence-electron chi connectivity index (χ3n) is 4.09. The molecule has 0 saturated heterocycles. The Bertz CT molecular complexity index is 568. The molecule has 0 amide bonds. The molecule has 0 spiro atoms. The third kappa shape index (κ3) is 7.16. The fourth-order valence-electron chi connectivity index (χ4n) is 1.99. The van der Waals surface area contributed by atoms with Crippen molar-refractivity contribution < 1.29 is 80.8 Å². The number of aliphatic hydroxyl groups is 2. The quantitative estimate of drug-likeness (QED) is 0.195. The Kier molecular flexibility index (Phi) is 13.9. The van der Waals surface area contributed by atoms with Gasteiger partial charge in [0.2, 0.25) is 0 Å². The summed E-state index contributed by atoms with van der Waals surface area (Å²) in [6, 6.07) is 0. The monoisotopic (exact) mass is 550 g/mol. The summed E-state index contributed by atoms with van der Waals surface area (Å²) >= 11 is 0. The van der Waals surface area contributed by atoms with Gasteiger partial charge in [-0.1, -0.05) is 39.0 Å². The van der Waals surface area contributed by atoms with Crippen molar-refractivity contribution in [3.8, 4) is 0 Å². The summed E-state index contributed by atoms with van der Waals surface area (Å²) < 4.78 is 187. The van der Waals surface area contributed by atoms with E-state index in [0.29, 0.717) is 6.61 Å². The lowest BCUT2D eigenvalue weighted by Gasteiger charge is -2.41. The molecule has 18 heteroatoms. The van der Waals surface area contributed by atoms with Crippen LogP contribution in [0.1, 0.15) is 45.4 Å². The topological polar surface area (TPSA) is 40.5 Å². The standard InChI is InChI=1S/C8H3F15O.C8H18O.FH/c9-1-2(10,11)3(12,13)4(14,15)5(16,17)6(18,19)7(20,21)8(22,23)24;1-2-3-4-5-6-7-8-9;/h24H,1H2;9H,2-8H2,1H3;1H. The van der Waals surface area contributed by atoms with Crippen LogP contribution in [0.5, 0.6) is 0 Å². The fraction of sp³-hybridized carbons (Fsp3) is 1.00. The average molecular weight is 550 g/mol. The Morgan fingerprint density at radius 3 is 1.18 bits per heavy atom. The summed E-state index contributed by atoms with van der Waals surface area (Å²) in [5.74, 6) is -46.9. The van der Waals surface area contributed by atoms with E-state index in [4.69, 9.17) is 10.2 Å². The normalized spacial score (nSPS) is 14.3. The van der Waals surface area contributed by atoms with Crippen LogP contribution in [0.4, 0.5) is 70.6 Å². The molecule has 2 nitrogen and oxygen atoms in total. The second kappa shape index (κ2) is 12.7. The largest absolute Gasteiger partial charge is 0.423 e. The van der Waals surface area contributed by atoms with Gasteiger partial charge < -0.3 is 10.2 Å². The molecule has 0 aliphatic carbocycles. The first-order valence-electron chi connectivity index (χ1n) is 9.01. The van der Waals surface area contributed by atoms with Gasteiger partial charge in [0.1, 0.15) is 0 Å². The van der Waals surface area contributed by atoms with E-state index in [0.717, 1.165) is 6.42 Å². The van der Waals surface area contributed by atoms with Gasteiger partial charge in [0, 0.05) is 6.61 Å². The highest BCUT2D eigenvalue weighted by molar-refractivity contribution is 5.12. The van der Waals surface area contributed by atoms with Gasteiger partial charge in [-0.05, 0) is 6.42 Å². The number of unbranched alkanes of at least 4 members (excludes halogenated alkanes) is 5. The van der Waals surface area contributed by atoms with Crippen LogP contribution in [0.15, 0.2) is 0 Å². The van der Waals surface area contributed by atoms with E-state index < -0.39 is 48.3 Å². The lowest BCUT2D eigenvalue weighted by Crippen LogP contribution is -2.73. The molecule has 0 aromatic heterocycles. The number of aliphatic hydroxyl groups excluding tert-OH is 1. The first-order valence-corrected chi connectivity index (χ1v) is 9.01. The fourth-order valence-corrected chi connectivity index (χ4v) is 1.99. The maximum absolute atomic E-state index is 12.8. The molecular weight excluding hydrogens is 528 g/mol. The molecule has 0 fully saturated rings. The molecule has 34 heavy (non-hydrogen) atoms. The Morgan fingerprint density at radius 1 is 0.529 bits per heavy atom. The van der Waals surface area contributed by atoms with E-state index in [-0.39, 0.29) is 4.70 Å². The van der Waals surface area contributed by atoms with Crippen LogP contribution in [0.25, 0.3) is 0 Å². The number of hydrogen-bond acceptors (Lipinski definition) is 2. The molecule has 0 unspecified atom stereocenters. The summed E-state index contributed by atoms with van der Waals surface area (Å²) in [7, 11) is 0. The second-order valence-corrected chi connectivity index (χ2v) is 6.74. The van der Waals surface area contributed by atoms with Crippen LogP contribution < -0.4 is 0 Å². The minimum absolute atomic E-state index is 0. The molecule has 0 radical (unpaired) electrons. The molecular formula is C16H22F16O2. The van der Waals surface area contributed by atoms with Gasteiger partial charge in [0.25, 0.3) is 0 Å². The van der Waals surface area contributed by atoms with E-state index >= 15 is 0 Å². The van der Waals surface area contributed by atoms with Crippen LogP contribution in [0.2, 0.25) is 0 Å². The summed E-state index contributed by atoms with van der Waals surface area (Å²) in [4.78, 5) is 0. The Labute approximate surface area is 182 Å². The van der Waals surface area contributed by atoms with E-state index in [1.165, 1.54) is 32.1 Å².